The molecule has 0 radical (unpaired) electrons. The van der Waals surface area contributed by atoms with Gasteiger partial charge in [-0.2, -0.15) is 46.4 Å². The highest BCUT2D eigenvalue weighted by molar-refractivity contribution is 6.31. The summed E-state index contributed by atoms with van der Waals surface area (Å²) in [4.78, 5) is 10.6. The van der Waals surface area contributed by atoms with Gasteiger partial charge in [0, 0.05) is 0 Å². The maximum Gasteiger partial charge on any atom is 0.416 e. The first-order chi connectivity index (χ1) is 11.4. The van der Waals surface area contributed by atoms with Crippen molar-refractivity contribution in [1.82, 2.24) is 15.0 Å². The Morgan fingerprint density at radius 2 is 1.32 bits per heavy atom. The fourth-order valence-electron chi connectivity index (χ4n) is 1.59. The molecule has 0 unspecified atom stereocenters. The van der Waals surface area contributed by atoms with Gasteiger partial charge in [-0.05, 0) is 47.0 Å². The van der Waals surface area contributed by atoms with E-state index in [1.807, 2.05) is 0 Å². The summed E-state index contributed by atoms with van der Waals surface area (Å²) in [5.74, 6) is -0.246. The third-order valence-corrected chi connectivity index (χ3v) is 2.91. The standard InChI is InChI=1S/C12H5Cl2F6N5/c13-8-22-9(14)24-10(23-8)25-21-4-5-1-6(11(15,16)17)3-7(2-5)12(18,19)20/h1-4H,(H,22,23,24,25)/b21-4+. The van der Waals surface area contributed by atoms with Gasteiger partial charge in [0.15, 0.2) is 0 Å². The van der Waals surface area contributed by atoms with E-state index < -0.39 is 29.0 Å². The zero-order chi connectivity index (χ0) is 18.8. The predicted molar refractivity (Wildman–Crippen MR) is 77.5 cm³/mol. The number of aromatic nitrogens is 3. The van der Waals surface area contributed by atoms with Crippen LogP contribution in [-0.4, -0.2) is 21.2 Å². The van der Waals surface area contributed by atoms with Gasteiger partial charge in [-0.15, -0.1) is 0 Å². The molecule has 1 heterocycles. The van der Waals surface area contributed by atoms with Crippen molar-refractivity contribution in [1.29, 1.82) is 0 Å². The molecule has 0 atom stereocenters. The van der Waals surface area contributed by atoms with Gasteiger partial charge in [0.25, 0.3) is 0 Å². The Balaban J connectivity index is 2.31. The summed E-state index contributed by atoms with van der Waals surface area (Å²) >= 11 is 11.0. The highest BCUT2D eigenvalue weighted by Crippen LogP contribution is 2.36. The molecule has 1 aromatic carbocycles. The van der Waals surface area contributed by atoms with E-state index >= 15 is 0 Å². The lowest BCUT2D eigenvalue weighted by Gasteiger charge is -2.12. The van der Waals surface area contributed by atoms with Gasteiger partial charge >= 0.3 is 12.4 Å². The molecule has 2 rings (SSSR count). The monoisotopic (exact) mass is 403 g/mol. The molecular weight excluding hydrogens is 399 g/mol. The lowest BCUT2D eigenvalue weighted by Crippen LogP contribution is -2.11. The summed E-state index contributed by atoms with van der Waals surface area (Å²) in [6.45, 7) is 0. The van der Waals surface area contributed by atoms with Crippen molar-refractivity contribution < 1.29 is 26.3 Å². The van der Waals surface area contributed by atoms with E-state index in [4.69, 9.17) is 23.2 Å². The van der Waals surface area contributed by atoms with Crippen molar-refractivity contribution in [2.75, 3.05) is 5.43 Å². The van der Waals surface area contributed by atoms with Gasteiger partial charge in [0.2, 0.25) is 16.5 Å². The zero-order valence-corrected chi connectivity index (χ0v) is 13.1. The minimum atomic E-state index is -4.95. The van der Waals surface area contributed by atoms with Crippen LogP contribution < -0.4 is 5.43 Å². The Labute approximate surface area is 145 Å². The topological polar surface area (TPSA) is 63.1 Å². The van der Waals surface area contributed by atoms with Crippen molar-refractivity contribution >= 4 is 35.4 Å². The van der Waals surface area contributed by atoms with E-state index in [9.17, 15) is 26.3 Å². The minimum absolute atomic E-state index is 0.0102. The van der Waals surface area contributed by atoms with Crippen LogP contribution in [0.3, 0.4) is 0 Å². The first-order valence-corrected chi connectivity index (χ1v) is 6.86. The van der Waals surface area contributed by atoms with Crippen LogP contribution in [0.4, 0.5) is 32.3 Å². The van der Waals surface area contributed by atoms with Gasteiger partial charge in [0.05, 0.1) is 17.3 Å². The molecule has 5 nitrogen and oxygen atoms in total. The average Bonchev–Trinajstić information content (AvgIpc) is 2.44. The molecule has 1 N–H and O–H groups in total. The SMILES string of the molecule is FC(F)(F)c1cc(/C=N/Nc2nc(Cl)nc(Cl)n2)cc(C(F)(F)F)c1. The molecular formula is C12H5Cl2F6N5. The first kappa shape index (κ1) is 19.2. The van der Waals surface area contributed by atoms with Crippen molar-refractivity contribution in [3.05, 3.63) is 45.5 Å². The maximum atomic E-state index is 12.7. The van der Waals surface area contributed by atoms with Crippen LogP contribution >= 0.6 is 23.2 Å². The van der Waals surface area contributed by atoms with Crippen molar-refractivity contribution in [3.8, 4) is 0 Å². The quantitative estimate of drug-likeness (QED) is 0.459. The number of hydrogen-bond donors (Lipinski definition) is 1. The van der Waals surface area contributed by atoms with Crippen LogP contribution in [0, 0.1) is 0 Å². The molecule has 0 saturated heterocycles. The van der Waals surface area contributed by atoms with E-state index in [1.165, 1.54) is 0 Å². The third kappa shape index (κ3) is 5.43. The molecule has 0 fully saturated rings. The fraction of sp³-hybridized carbons (Fsp3) is 0.167. The fourth-order valence-corrected chi connectivity index (χ4v) is 1.96. The normalized spacial score (nSPS) is 12.6. The molecule has 13 heteroatoms. The highest BCUT2D eigenvalue weighted by Gasteiger charge is 2.36. The van der Waals surface area contributed by atoms with E-state index in [0.29, 0.717) is 12.1 Å². The largest absolute Gasteiger partial charge is 0.416 e. The second-order valence-corrected chi connectivity index (χ2v) is 5.08. The summed E-state index contributed by atoms with van der Waals surface area (Å²) in [6, 6.07) is 1.03. The van der Waals surface area contributed by atoms with Gasteiger partial charge in [-0.25, -0.2) is 5.43 Å². The van der Waals surface area contributed by atoms with Gasteiger partial charge in [-0.3, -0.25) is 0 Å². The number of hydrogen-bond acceptors (Lipinski definition) is 5. The minimum Gasteiger partial charge on any atom is -0.245 e. The Hall–Kier alpha value is -2.14. The van der Waals surface area contributed by atoms with E-state index in [0.717, 1.165) is 6.21 Å². The van der Waals surface area contributed by atoms with Crippen LogP contribution in [0.2, 0.25) is 10.6 Å². The molecule has 1 aromatic heterocycles. The molecule has 134 valence electrons. The Morgan fingerprint density at radius 3 is 1.76 bits per heavy atom. The smallest absolute Gasteiger partial charge is 0.245 e. The Morgan fingerprint density at radius 1 is 0.840 bits per heavy atom. The summed E-state index contributed by atoms with van der Waals surface area (Å²) in [5.41, 5.74) is -1.20. The van der Waals surface area contributed by atoms with E-state index in [-0.39, 0.29) is 22.6 Å². The molecule has 2 aromatic rings. The van der Waals surface area contributed by atoms with Gasteiger partial charge in [-0.1, -0.05) is 0 Å². The van der Waals surface area contributed by atoms with Crippen LogP contribution in [-0.2, 0) is 12.4 Å². The summed E-state index contributed by atoms with van der Waals surface area (Å²) in [7, 11) is 0. The predicted octanol–water partition coefficient (Wildman–Crippen LogP) is 4.66. The van der Waals surface area contributed by atoms with Gasteiger partial charge in [0.1, 0.15) is 0 Å². The molecule has 0 aliphatic carbocycles. The lowest BCUT2D eigenvalue weighted by atomic mass is 10.1. The zero-order valence-electron chi connectivity index (χ0n) is 11.6. The molecule has 25 heavy (non-hydrogen) atoms. The molecule has 0 amide bonds. The number of anilines is 1. The lowest BCUT2D eigenvalue weighted by molar-refractivity contribution is -0.143. The number of benzene rings is 1. The van der Waals surface area contributed by atoms with E-state index in [2.05, 4.69) is 25.5 Å². The van der Waals surface area contributed by atoms with Gasteiger partial charge < -0.3 is 0 Å². The van der Waals surface area contributed by atoms with Crippen LogP contribution in [0.25, 0.3) is 0 Å². The molecule has 0 bridgehead atoms. The molecule has 0 saturated carbocycles. The summed E-state index contributed by atoms with van der Waals surface area (Å²) in [5, 5.41) is 2.90. The Bertz CT molecular complexity index is 753. The number of hydrazone groups is 1. The highest BCUT2D eigenvalue weighted by atomic mass is 35.5. The van der Waals surface area contributed by atoms with Crippen molar-refractivity contribution in [2.24, 2.45) is 5.10 Å². The second kappa shape index (κ2) is 7.00. The van der Waals surface area contributed by atoms with Crippen molar-refractivity contribution in [3.63, 3.8) is 0 Å². The maximum absolute atomic E-state index is 12.7. The average molecular weight is 404 g/mol. The number of alkyl halides is 6. The first-order valence-electron chi connectivity index (χ1n) is 6.11. The van der Waals surface area contributed by atoms with Crippen molar-refractivity contribution in [2.45, 2.75) is 12.4 Å². The van der Waals surface area contributed by atoms with Crippen LogP contribution in [0.5, 0.6) is 0 Å². The summed E-state index contributed by atoms with van der Waals surface area (Å²) in [6.07, 6.45) is -9.17. The number of rotatable bonds is 3. The Kier molecular flexibility index (Phi) is 5.37. The molecule has 0 spiro atoms. The second-order valence-electron chi connectivity index (χ2n) is 4.41. The number of halogens is 8. The molecule has 0 aliphatic heterocycles. The molecule has 0 aliphatic rings. The number of nitrogens with one attached hydrogen (secondary N) is 1. The van der Waals surface area contributed by atoms with Crippen LogP contribution in [0.15, 0.2) is 23.3 Å². The number of nitrogens with zero attached hydrogens (tertiary/aromatic N) is 4. The van der Waals surface area contributed by atoms with Crippen LogP contribution in [0.1, 0.15) is 16.7 Å². The summed E-state index contributed by atoms with van der Waals surface area (Å²) < 4.78 is 76.4. The van der Waals surface area contributed by atoms with E-state index in [1.54, 1.807) is 0 Å². The third-order valence-electron chi connectivity index (χ3n) is 2.57.